The van der Waals surface area contributed by atoms with E-state index in [1.165, 1.54) is 13.3 Å². The Bertz CT molecular complexity index is 585. The highest BCUT2D eigenvalue weighted by molar-refractivity contribution is 6.33. The van der Waals surface area contributed by atoms with Gasteiger partial charge in [0.05, 0.1) is 18.8 Å². The Hall–Kier alpha value is -2.01. The molecule has 1 N–H and O–H groups in total. The van der Waals surface area contributed by atoms with Crippen molar-refractivity contribution in [2.75, 3.05) is 7.11 Å². The van der Waals surface area contributed by atoms with Gasteiger partial charge in [0.25, 0.3) is 0 Å². The molecule has 0 saturated carbocycles. The highest BCUT2D eigenvalue weighted by Gasteiger charge is 2.13. The summed E-state index contributed by atoms with van der Waals surface area (Å²) in [5, 5.41) is 9.26. The molecule has 0 fully saturated rings. The molecule has 0 aliphatic carbocycles. The number of pyridine rings is 1. The maximum Gasteiger partial charge on any atom is 0.511 e. The molecule has 0 atom stereocenters. The molecule has 0 unspecified atom stereocenters. The molecule has 88 valence electrons. The van der Waals surface area contributed by atoms with Crippen molar-refractivity contribution in [3.05, 3.63) is 29.4 Å². The second-order valence-electron chi connectivity index (χ2n) is 3.19. The summed E-state index contributed by atoms with van der Waals surface area (Å²) in [6, 6.07) is 5.03. The van der Waals surface area contributed by atoms with Crippen LogP contribution in [0.15, 0.2) is 24.4 Å². The Morgan fingerprint density at radius 3 is 2.88 bits per heavy atom. The van der Waals surface area contributed by atoms with Gasteiger partial charge in [0.2, 0.25) is 0 Å². The van der Waals surface area contributed by atoms with Crippen molar-refractivity contribution in [2.45, 2.75) is 0 Å². The quantitative estimate of drug-likeness (QED) is 0.834. The lowest BCUT2D eigenvalue weighted by Gasteiger charge is -2.08. The zero-order valence-corrected chi connectivity index (χ0v) is 9.56. The number of methoxy groups -OCH3 is 1. The fourth-order valence-electron chi connectivity index (χ4n) is 1.44. The average molecular weight is 254 g/mol. The van der Waals surface area contributed by atoms with Gasteiger partial charge in [-0.05, 0) is 18.2 Å². The van der Waals surface area contributed by atoms with Gasteiger partial charge in [0.15, 0.2) is 5.75 Å². The van der Waals surface area contributed by atoms with Crippen LogP contribution in [0.1, 0.15) is 0 Å². The number of carboxylic acid groups (broad SMARTS) is 1. The molecule has 17 heavy (non-hydrogen) atoms. The van der Waals surface area contributed by atoms with Gasteiger partial charge in [-0.25, -0.2) is 4.79 Å². The van der Waals surface area contributed by atoms with Crippen LogP contribution in [0, 0.1) is 0 Å². The predicted molar refractivity (Wildman–Crippen MR) is 62.0 cm³/mol. The number of carbonyl (C=O) groups is 1. The molecule has 0 spiro atoms. The first-order chi connectivity index (χ1) is 8.11. The lowest BCUT2D eigenvalue weighted by atomic mass is 10.2. The third-order valence-corrected chi connectivity index (χ3v) is 2.44. The van der Waals surface area contributed by atoms with E-state index in [0.717, 1.165) is 0 Å². The molecule has 0 radical (unpaired) electrons. The topological polar surface area (TPSA) is 68.7 Å². The van der Waals surface area contributed by atoms with E-state index in [1.54, 1.807) is 18.2 Å². The number of aromatic nitrogens is 1. The highest BCUT2D eigenvalue weighted by atomic mass is 35.5. The van der Waals surface area contributed by atoms with E-state index in [0.29, 0.717) is 16.7 Å². The molecule has 0 bridgehead atoms. The zero-order chi connectivity index (χ0) is 12.4. The molecule has 0 aliphatic rings. The van der Waals surface area contributed by atoms with Crippen molar-refractivity contribution >= 4 is 28.7 Å². The van der Waals surface area contributed by atoms with Gasteiger partial charge in [-0.3, -0.25) is 4.98 Å². The van der Waals surface area contributed by atoms with Crippen LogP contribution in [0.2, 0.25) is 5.02 Å². The molecule has 2 rings (SSSR count). The predicted octanol–water partition coefficient (Wildman–Crippen LogP) is 2.95. The minimum Gasteiger partial charge on any atom is -0.497 e. The Morgan fingerprint density at radius 2 is 2.24 bits per heavy atom. The Balaban J connectivity index is 2.68. The average Bonchev–Trinajstić information content (AvgIpc) is 2.32. The molecular weight excluding hydrogens is 246 g/mol. The normalized spacial score (nSPS) is 10.2. The molecule has 1 heterocycles. The summed E-state index contributed by atoms with van der Waals surface area (Å²) in [4.78, 5) is 14.7. The summed E-state index contributed by atoms with van der Waals surface area (Å²) in [6.45, 7) is 0. The summed E-state index contributed by atoms with van der Waals surface area (Å²) in [5.74, 6) is 0.625. The zero-order valence-electron chi connectivity index (χ0n) is 8.81. The van der Waals surface area contributed by atoms with E-state index < -0.39 is 6.16 Å². The van der Waals surface area contributed by atoms with Crippen LogP contribution in [-0.4, -0.2) is 23.4 Å². The fraction of sp³-hybridized carbons (Fsp3) is 0.0909. The first-order valence-corrected chi connectivity index (χ1v) is 5.02. The summed E-state index contributed by atoms with van der Waals surface area (Å²) in [5.41, 5.74) is 0.575. The van der Waals surface area contributed by atoms with Crippen LogP contribution in [0.3, 0.4) is 0 Å². The van der Waals surface area contributed by atoms with Crippen LogP contribution >= 0.6 is 11.6 Å². The summed E-state index contributed by atoms with van der Waals surface area (Å²) >= 11 is 5.85. The molecule has 0 amide bonds. The molecular formula is C11H8ClNO4. The lowest BCUT2D eigenvalue weighted by molar-refractivity contribution is 0.145. The van der Waals surface area contributed by atoms with Crippen LogP contribution in [0.5, 0.6) is 11.5 Å². The van der Waals surface area contributed by atoms with Crippen molar-refractivity contribution in [1.82, 2.24) is 4.98 Å². The minimum atomic E-state index is -1.43. The van der Waals surface area contributed by atoms with Crippen LogP contribution in [0.25, 0.3) is 10.9 Å². The van der Waals surface area contributed by atoms with E-state index in [1.807, 2.05) is 0 Å². The Morgan fingerprint density at radius 1 is 1.47 bits per heavy atom. The number of rotatable bonds is 2. The fourth-order valence-corrected chi connectivity index (χ4v) is 1.63. The monoisotopic (exact) mass is 253 g/mol. The van der Waals surface area contributed by atoms with E-state index in [-0.39, 0.29) is 10.8 Å². The second-order valence-corrected chi connectivity index (χ2v) is 3.59. The third kappa shape index (κ3) is 2.24. The number of nitrogens with zero attached hydrogens (tertiary/aromatic N) is 1. The van der Waals surface area contributed by atoms with Gasteiger partial charge < -0.3 is 14.6 Å². The van der Waals surface area contributed by atoms with Crippen molar-refractivity contribution in [3.8, 4) is 11.5 Å². The van der Waals surface area contributed by atoms with E-state index in [9.17, 15) is 4.79 Å². The maximum atomic E-state index is 10.6. The van der Waals surface area contributed by atoms with E-state index >= 15 is 0 Å². The number of benzene rings is 1. The van der Waals surface area contributed by atoms with Crippen molar-refractivity contribution in [2.24, 2.45) is 0 Å². The number of ether oxygens (including phenoxy) is 2. The van der Waals surface area contributed by atoms with Gasteiger partial charge in [-0.1, -0.05) is 11.6 Å². The van der Waals surface area contributed by atoms with E-state index in [2.05, 4.69) is 9.72 Å². The SMILES string of the molecule is COc1ccc2ncc(Cl)c(OC(=O)O)c2c1. The first kappa shape index (κ1) is 11.5. The van der Waals surface area contributed by atoms with Crippen molar-refractivity contribution in [1.29, 1.82) is 0 Å². The summed E-state index contributed by atoms with van der Waals surface area (Å²) < 4.78 is 9.70. The van der Waals surface area contributed by atoms with Crippen LogP contribution in [-0.2, 0) is 0 Å². The standard InChI is InChI=1S/C11H8ClNO4/c1-16-6-2-3-9-7(4-6)10(17-11(14)15)8(12)5-13-9/h2-5H,1H3,(H,14,15). The smallest absolute Gasteiger partial charge is 0.497 e. The molecule has 2 aromatic rings. The molecule has 1 aromatic heterocycles. The molecule has 0 saturated heterocycles. The number of halogens is 1. The maximum absolute atomic E-state index is 10.6. The summed E-state index contributed by atoms with van der Waals surface area (Å²) in [6.07, 6.45) is -0.0866. The largest absolute Gasteiger partial charge is 0.511 e. The second kappa shape index (κ2) is 4.47. The molecule has 1 aromatic carbocycles. The van der Waals surface area contributed by atoms with Gasteiger partial charge in [-0.2, -0.15) is 0 Å². The lowest BCUT2D eigenvalue weighted by Crippen LogP contribution is -2.04. The number of fused-ring (bicyclic) bond motifs is 1. The van der Waals surface area contributed by atoms with Gasteiger partial charge >= 0.3 is 6.16 Å². The third-order valence-electron chi connectivity index (χ3n) is 2.17. The van der Waals surface area contributed by atoms with Gasteiger partial charge in [0, 0.05) is 5.39 Å². The Labute approximate surface area is 102 Å². The summed E-state index contributed by atoms with van der Waals surface area (Å²) in [7, 11) is 1.51. The number of hydrogen-bond donors (Lipinski definition) is 1. The first-order valence-electron chi connectivity index (χ1n) is 4.65. The van der Waals surface area contributed by atoms with Crippen LogP contribution < -0.4 is 9.47 Å². The van der Waals surface area contributed by atoms with Crippen molar-refractivity contribution in [3.63, 3.8) is 0 Å². The van der Waals surface area contributed by atoms with Gasteiger partial charge in [0.1, 0.15) is 10.8 Å². The minimum absolute atomic E-state index is 0.0584. The van der Waals surface area contributed by atoms with E-state index in [4.69, 9.17) is 21.4 Å². The Kier molecular flexibility index (Phi) is 3.01. The highest BCUT2D eigenvalue weighted by Crippen LogP contribution is 2.34. The number of hydrogen-bond acceptors (Lipinski definition) is 4. The molecule has 5 nitrogen and oxygen atoms in total. The molecule has 6 heteroatoms. The van der Waals surface area contributed by atoms with Gasteiger partial charge in [-0.15, -0.1) is 0 Å². The van der Waals surface area contributed by atoms with Crippen LogP contribution in [0.4, 0.5) is 4.79 Å². The molecule has 0 aliphatic heterocycles. The van der Waals surface area contributed by atoms with Crippen molar-refractivity contribution < 1.29 is 19.4 Å².